The molecule has 3 N–H and O–H groups in total. The van der Waals surface area contributed by atoms with Crippen LogP contribution >= 0.6 is 11.6 Å². The van der Waals surface area contributed by atoms with Crippen molar-refractivity contribution in [2.45, 2.75) is 0 Å². The Labute approximate surface area is 153 Å². The average molecular weight is 372 g/mol. The summed E-state index contributed by atoms with van der Waals surface area (Å²) in [5.41, 5.74) is 1.52. The van der Waals surface area contributed by atoms with Crippen LogP contribution in [-0.4, -0.2) is 34.3 Å². The van der Waals surface area contributed by atoms with Crippen LogP contribution in [0.15, 0.2) is 48.5 Å². The number of rotatable bonds is 4. The molecule has 0 aliphatic rings. The summed E-state index contributed by atoms with van der Waals surface area (Å²) in [6.07, 6.45) is 0. The maximum Gasteiger partial charge on any atom is 0.341 e. The van der Waals surface area contributed by atoms with E-state index in [2.05, 4.69) is 20.3 Å². The number of carbonyl (C=O) groups is 2. The quantitative estimate of drug-likeness (QED) is 0.481. The first-order chi connectivity index (χ1) is 12.5. The molecule has 1 heterocycles. The molecule has 0 fully saturated rings. The fraction of sp³-hybridized carbons (Fsp3) is 0.0556. The highest BCUT2D eigenvalue weighted by Crippen LogP contribution is 2.28. The third kappa shape index (κ3) is 3.52. The van der Waals surface area contributed by atoms with Crippen LogP contribution < -0.4 is 5.32 Å². The lowest BCUT2D eigenvalue weighted by Crippen LogP contribution is -2.13. The molecular weight excluding hydrogens is 358 g/mol. The number of methoxy groups -OCH3 is 1. The van der Waals surface area contributed by atoms with Gasteiger partial charge in [-0.25, -0.2) is 4.79 Å². The summed E-state index contributed by atoms with van der Waals surface area (Å²) in [5, 5.41) is 20.0. The van der Waals surface area contributed by atoms with Crippen LogP contribution in [0.5, 0.6) is 5.75 Å². The van der Waals surface area contributed by atoms with E-state index in [0.717, 1.165) is 5.56 Å². The zero-order valence-electron chi connectivity index (χ0n) is 13.6. The fourth-order valence-corrected chi connectivity index (χ4v) is 2.53. The Morgan fingerprint density at radius 2 is 1.96 bits per heavy atom. The van der Waals surface area contributed by atoms with Gasteiger partial charge in [0.1, 0.15) is 11.3 Å². The topological polar surface area (TPSA) is 104 Å². The maximum absolute atomic E-state index is 12.4. The van der Waals surface area contributed by atoms with E-state index < -0.39 is 11.9 Å². The molecule has 0 unspecified atom stereocenters. The van der Waals surface area contributed by atoms with E-state index in [-0.39, 0.29) is 22.7 Å². The number of nitrogens with zero attached hydrogens (tertiary/aromatic N) is 1. The Morgan fingerprint density at radius 3 is 2.69 bits per heavy atom. The second kappa shape index (κ2) is 7.28. The number of amides is 1. The van der Waals surface area contributed by atoms with Gasteiger partial charge in [0.2, 0.25) is 0 Å². The molecule has 2 aromatic carbocycles. The number of carbonyl (C=O) groups excluding carboxylic acids is 2. The monoisotopic (exact) mass is 371 g/mol. The molecule has 3 rings (SSSR count). The van der Waals surface area contributed by atoms with Crippen LogP contribution in [0.25, 0.3) is 11.3 Å². The summed E-state index contributed by atoms with van der Waals surface area (Å²) < 4.78 is 4.59. The van der Waals surface area contributed by atoms with Gasteiger partial charge in [0, 0.05) is 10.6 Å². The number of para-hydroxylation sites is 1. The van der Waals surface area contributed by atoms with Gasteiger partial charge < -0.3 is 15.2 Å². The van der Waals surface area contributed by atoms with Gasteiger partial charge in [-0.3, -0.25) is 9.89 Å². The molecule has 0 radical (unpaired) electrons. The predicted octanol–water partition coefficient (Wildman–Crippen LogP) is 3.47. The van der Waals surface area contributed by atoms with Crippen molar-refractivity contribution in [2.24, 2.45) is 0 Å². The lowest BCUT2D eigenvalue weighted by molar-refractivity contribution is 0.0597. The number of anilines is 1. The third-order valence-electron chi connectivity index (χ3n) is 3.63. The number of aromatic amines is 1. The van der Waals surface area contributed by atoms with Crippen molar-refractivity contribution in [1.82, 2.24) is 10.2 Å². The molecule has 0 saturated carbocycles. The molecule has 0 saturated heterocycles. The first kappa shape index (κ1) is 17.5. The van der Waals surface area contributed by atoms with Gasteiger partial charge in [-0.05, 0) is 30.3 Å². The molecule has 0 aliphatic heterocycles. The summed E-state index contributed by atoms with van der Waals surface area (Å²) in [6, 6.07) is 13.0. The van der Waals surface area contributed by atoms with Crippen molar-refractivity contribution in [1.29, 1.82) is 0 Å². The first-order valence-corrected chi connectivity index (χ1v) is 7.90. The van der Waals surface area contributed by atoms with E-state index in [0.29, 0.717) is 10.7 Å². The van der Waals surface area contributed by atoms with E-state index in [9.17, 15) is 14.7 Å². The molecule has 1 aromatic heterocycles. The molecule has 3 aromatic rings. The van der Waals surface area contributed by atoms with Crippen molar-refractivity contribution in [3.8, 4) is 17.0 Å². The third-order valence-corrected chi connectivity index (χ3v) is 3.87. The number of aromatic hydroxyl groups is 1. The molecule has 8 heteroatoms. The average Bonchev–Trinajstić information content (AvgIpc) is 3.13. The minimum Gasteiger partial charge on any atom is -0.505 e. The highest BCUT2D eigenvalue weighted by atomic mass is 35.5. The number of halogens is 1. The molecule has 26 heavy (non-hydrogen) atoms. The normalized spacial score (nSPS) is 10.4. The number of esters is 1. The Bertz CT molecular complexity index is 984. The van der Waals surface area contributed by atoms with Gasteiger partial charge in [-0.15, -0.1) is 0 Å². The lowest BCUT2D eigenvalue weighted by Gasteiger charge is -2.09. The molecule has 7 nitrogen and oxygen atoms in total. The smallest absolute Gasteiger partial charge is 0.341 e. The van der Waals surface area contributed by atoms with Crippen molar-refractivity contribution in [3.63, 3.8) is 0 Å². The Balaban J connectivity index is 1.82. The Morgan fingerprint density at radius 1 is 1.19 bits per heavy atom. The van der Waals surface area contributed by atoms with Gasteiger partial charge in [0.05, 0.1) is 18.5 Å². The largest absolute Gasteiger partial charge is 0.505 e. The number of ether oxygens (including phenoxy) is 1. The fourth-order valence-electron chi connectivity index (χ4n) is 2.34. The zero-order valence-corrected chi connectivity index (χ0v) is 14.4. The number of H-pyrrole nitrogens is 1. The number of nitrogens with one attached hydrogen (secondary N) is 2. The Hall–Kier alpha value is -3.32. The van der Waals surface area contributed by atoms with Crippen molar-refractivity contribution < 1.29 is 19.4 Å². The second-order valence-corrected chi connectivity index (χ2v) is 5.76. The number of aromatic nitrogens is 2. The van der Waals surface area contributed by atoms with Gasteiger partial charge in [-0.2, -0.15) is 5.10 Å². The van der Waals surface area contributed by atoms with E-state index in [1.807, 2.05) is 6.07 Å². The van der Waals surface area contributed by atoms with Crippen LogP contribution in [0.1, 0.15) is 20.8 Å². The van der Waals surface area contributed by atoms with Gasteiger partial charge in [-0.1, -0.05) is 29.8 Å². The van der Waals surface area contributed by atoms with Crippen molar-refractivity contribution in [2.75, 3.05) is 12.4 Å². The van der Waals surface area contributed by atoms with E-state index in [4.69, 9.17) is 11.6 Å². The molecule has 132 valence electrons. The van der Waals surface area contributed by atoms with Crippen LogP contribution in [0.2, 0.25) is 5.02 Å². The summed E-state index contributed by atoms with van der Waals surface area (Å²) in [6.45, 7) is 0. The van der Waals surface area contributed by atoms with Crippen LogP contribution in [0.4, 0.5) is 5.69 Å². The molecule has 1 amide bonds. The first-order valence-electron chi connectivity index (χ1n) is 7.52. The van der Waals surface area contributed by atoms with Crippen LogP contribution in [-0.2, 0) is 4.74 Å². The minimum atomic E-state index is -0.705. The molecular formula is C18H14ClN3O4. The number of hydrogen-bond donors (Lipinski definition) is 3. The molecule has 0 atom stereocenters. The van der Waals surface area contributed by atoms with E-state index in [1.54, 1.807) is 24.3 Å². The standard InChI is InChI=1S/C18H14ClN3O4/c1-26-18(25)12-6-3-7-13(16(12)23)20-17(24)15-9-14(21-22-15)10-4-2-5-11(19)8-10/h2-9,23H,1H3,(H,20,24)(H,21,22). The second-order valence-electron chi connectivity index (χ2n) is 5.32. The number of benzene rings is 2. The SMILES string of the molecule is COC(=O)c1cccc(NC(=O)c2cc(-c3cccc(Cl)c3)n[nH]2)c1O. The van der Waals surface area contributed by atoms with Crippen LogP contribution in [0.3, 0.4) is 0 Å². The maximum atomic E-state index is 12.4. The number of phenols is 1. The van der Waals surface area contributed by atoms with E-state index in [1.165, 1.54) is 25.3 Å². The van der Waals surface area contributed by atoms with Gasteiger partial charge >= 0.3 is 5.97 Å². The number of hydrogen-bond acceptors (Lipinski definition) is 5. The van der Waals surface area contributed by atoms with Crippen molar-refractivity contribution in [3.05, 3.63) is 64.8 Å². The van der Waals surface area contributed by atoms with Gasteiger partial charge in [0.25, 0.3) is 5.91 Å². The summed E-state index contributed by atoms with van der Waals surface area (Å²) >= 11 is 5.96. The highest BCUT2D eigenvalue weighted by molar-refractivity contribution is 6.30. The summed E-state index contributed by atoms with van der Waals surface area (Å²) in [7, 11) is 1.20. The molecule has 0 aliphatic carbocycles. The van der Waals surface area contributed by atoms with E-state index >= 15 is 0 Å². The zero-order chi connectivity index (χ0) is 18.7. The predicted molar refractivity (Wildman–Crippen MR) is 96.4 cm³/mol. The van der Waals surface area contributed by atoms with Crippen LogP contribution in [0, 0.1) is 0 Å². The molecule has 0 spiro atoms. The van der Waals surface area contributed by atoms with Gasteiger partial charge in [0.15, 0.2) is 5.75 Å². The highest BCUT2D eigenvalue weighted by Gasteiger charge is 2.18. The Kier molecular flexibility index (Phi) is 4.90. The van der Waals surface area contributed by atoms with Crippen molar-refractivity contribution >= 4 is 29.2 Å². The lowest BCUT2D eigenvalue weighted by atomic mass is 10.1. The summed E-state index contributed by atoms with van der Waals surface area (Å²) in [4.78, 5) is 24.0. The molecule has 0 bridgehead atoms. The minimum absolute atomic E-state index is 0.0467. The summed E-state index contributed by atoms with van der Waals surface area (Å²) in [5.74, 6) is -1.60. The number of phenolic OH excluding ortho intramolecular Hbond substituents is 1.